The lowest BCUT2D eigenvalue weighted by Gasteiger charge is -2.41. The zero-order chi connectivity index (χ0) is 20.2. The van der Waals surface area contributed by atoms with Crippen molar-refractivity contribution in [3.63, 3.8) is 0 Å². The molecule has 0 aromatic heterocycles. The van der Waals surface area contributed by atoms with Gasteiger partial charge in [0.05, 0.1) is 6.17 Å². The van der Waals surface area contributed by atoms with Crippen LogP contribution >= 0.6 is 0 Å². The van der Waals surface area contributed by atoms with Crippen molar-refractivity contribution in [1.29, 1.82) is 0 Å². The monoisotopic (exact) mass is 392 g/mol. The predicted molar refractivity (Wildman–Crippen MR) is 123 cm³/mol. The smallest absolute Gasteiger partial charge is 0.0705 e. The number of rotatable bonds is 5. The molecule has 156 valence electrons. The maximum absolute atomic E-state index is 3.89. The Labute approximate surface area is 176 Å². The highest BCUT2D eigenvalue weighted by molar-refractivity contribution is 5.74. The van der Waals surface area contributed by atoms with Gasteiger partial charge < -0.3 is 4.90 Å². The van der Waals surface area contributed by atoms with Gasteiger partial charge in [0.15, 0.2) is 0 Å². The van der Waals surface area contributed by atoms with Crippen LogP contribution in [-0.4, -0.2) is 55.9 Å². The molecule has 0 aliphatic carbocycles. The number of anilines is 1. The van der Waals surface area contributed by atoms with Crippen LogP contribution in [0.4, 0.5) is 5.69 Å². The van der Waals surface area contributed by atoms with Gasteiger partial charge in [0.1, 0.15) is 0 Å². The summed E-state index contributed by atoms with van der Waals surface area (Å²) < 4.78 is 0. The van der Waals surface area contributed by atoms with Crippen LogP contribution in [0.25, 0.3) is 11.1 Å². The van der Waals surface area contributed by atoms with Crippen LogP contribution in [0, 0.1) is 6.92 Å². The Kier molecular flexibility index (Phi) is 6.53. The van der Waals surface area contributed by atoms with Gasteiger partial charge in [0.25, 0.3) is 0 Å². The van der Waals surface area contributed by atoms with Crippen molar-refractivity contribution >= 4 is 5.69 Å². The molecule has 29 heavy (non-hydrogen) atoms. The van der Waals surface area contributed by atoms with E-state index in [1.54, 1.807) is 0 Å². The topological polar surface area (TPSA) is 30.5 Å². The van der Waals surface area contributed by atoms with Gasteiger partial charge in [-0.15, -0.1) is 0 Å². The first-order chi connectivity index (χ1) is 14.1. The van der Waals surface area contributed by atoms with E-state index < -0.39 is 0 Å². The van der Waals surface area contributed by atoms with Crippen molar-refractivity contribution in [2.75, 3.05) is 37.6 Å². The second-order valence-electron chi connectivity index (χ2n) is 8.84. The molecule has 2 saturated heterocycles. The van der Waals surface area contributed by atoms with E-state index in [4.69, 9.17) is 0 Å². The second kappa shape index (κ2) is 9.29. The molecule has 0 amide bonds. The quantitative estimate of drug-likeness (QED) is 0.809. The molecule has 0 saturated carbocycles. The van der Waals surface area contributed by atoms with Gasteiger partial charge in [-0.1, -0.05) is 42.5 Å². The molecule has 2 aliphatic rings. The van der Waals surface area contributed by atoms with Crippen molar-refractivity contribution in [2.24, 2.45) is 0 Å². The first kappa shape index (κ1) is 20.4. The van der Waals surface area contributed by atoms with E-state index in [1.165, 1.54) is 35.2 Å². The van der Waals surface area contributed by atoms with Crippen molar-refractivity contribution in [2.45, 2.75) is 51.9 Å². The standard InChI is InChI=1S/C25H36N4/c1-19(2)29-17-14-26-25(18-29)27-22-12-15-28(16-13-22)24-11-7-10-23(20(24)3)21-8-5-4-6-9-21/h4-11,19,22,25-27H,12-18H2,1-3H3. The third kappa shape index (κ3) is 4.82. The van der Waals surface area contributed by atoms with Crippen molar-refractivity contribution < 1.29 is 0 Å². The fourth-order valence-electron chi connectivity index (χ4n) is 4.82. The maximum Gasteiger partial charge on any atom is 0.0705 e. The van der Waals surface area contributed by atoms with E-state index in [0.717, 1.165) is 32.7 Å². The van der Waals surface area contributed by atoms with Crippen LogP contribution in [0.2, 0.25) is 0 Å². The average Bonchev–Trinajstić information content (AvgIpc) is 2.75. The highest BCUT2D eigenvalue weighted by Gasteiger charge is 2.26. The molecule has 0 bridgehead atoms. The van der Waals surface area contributed by atoms with Gasteiger partial charge in [0, 0.05) is 50.5 Å². The Morgan fingerprint density at radius 2 is 1.72 bits per heavy atom. The van der Waals surface area contributed by atoms with Crippen molar-refractivity contribution in [3.8, 4) is 11.1 Å². The summed E-state index contributed by atoms with van der Waals surface area (Å²) in [4.78, 5) is 5.15. The molecule has 4 nitrogen and oxygen atoms in total. The summed E-state index contributed by atoms with van der Waals surface area (Å²) in [6.45, 7) is 12.5. The Hall–Kier alpha value is -1.88. The zero-order valence-electron chi connectivity index (χ0n) is 18.2. The fraction of sp³-hybridized carbons (Fsp3) is 0.520. The Balaban J connectivity index is 1.37. The molecule has 4 heteroatoms. The van der Waals surface area contributed by atoms with Gasteiger partial charge in [0.2, 0.25) is 0 Å². The minimum Gasteiger partial charge on any atom is -0.371 e. The summed E-state index contributed by atoms with van der Waals surface area (Å²) in [6, 6.07) is 18.7. The molecular weight excluding hydrogens is 356 g/mol. The molecule has 0 radical (unpaired) electrons. The highest BCUT2D eigenvalue weighted by atomic mass is 15.3. The Bertz CT molecular complexity index is 781. The second-order valence-corrected chi connectivity index (χ2v) is 8.84. The Morgan fingerprint density at radius 1 is 0.966 bits per heavy atom. The minimum absolute atomic E-state index is 0.422. The minimum atomic E-state index is 0.422. The summed E-state index contributed by atoms with van der Waals surface area (Å²) in [5.74, 6) is 0. The number of benzene rings is 2. The number of piperazine rings is 1. The molecular formula is C25H36N4. The third-order valence-electron chi connectivity index (χ3n) is 6.60. The van der Waals surface area contributed by atoms with Crippen LogP contribution in [0.5, 0.6) is 0 Å². The van der Waals surface area contributed by atoms with Crippen LogP contribution in [-0.2, 0) is 0 Å². The number of nitrogens with zero attached hydrogens (tertiary/aromatic N) is 2. The predicted octanol–water partition coefficient (Wildman–Crippen LogP) is 3.86. The normalized spacial score (nSPS) is 21.7. The van der Waals surface area contributed by atoms with Gasteiger partial charge in [-0.2, -0.15) is 0 Å². The molecule has 2 aromatic rings. The first-order valence-electron chi connectivity index (χ1n) is 11.3. The highest BCUT2D eigenvalue weighted by Crippen LogP contribution is 2.32. The molecule has 2 heterocycles. The number of hydrogen-bond acceptors (Lipinski definition) is 4. The molecule has 2 fully saturated rings. The summed E-state index contributed by atoms with van der Waals surface area (Å²) in [5.41, 5.74) is 5.45. The van der Waals surface area contributed by atoms with Crippen molar-refractivity contribution in [3.05, 3.63) is 54.1 Å². The summed E-state index contributed by atoms with van der Waals surface area (Å²) >= 11 is 0. The number of piperidine rings is 1. The SMILES string of the molecule is Cc1c(-c2ccccc2)cccc1N1CCC(NC2CN(C(C)C)CCN2)CC1. The molecule has 2 aromatic carbocycles. The van der Waals surface area contributed by atoms with E-state index in [0.29, 0.717) is 18.2 Å². The van der Waals surface area contributed by atoms with E-state index in [9.17, 15) is 0 Å². The Morgan fingerprint density at radius 3 is 2.45 bits per heavy atom. The van der Waals surface area contributed by atoms with Gasteiger partial charge in [-0.3, -0.25) is 15.5 Å². The summed E-state index contributed by atoms with van der Waals surface area (Å²) in [7, 11) is 0. The molecule has 2 N–H and O–H groups in total. The number of nitrogens with one attached hydrogen (secondary N) is 2. The van der Waals surface area contributed by atoms with Gasteiger partial charge in [-0.25, -0.2) is 0 Å². The third-order valence-corrected chi connectivity index (χ3v) is 6.60. The van der Waals surface area contributed by atoms with Crippen LogP contribution in [0.1, 0.15) is 32.3 Å². The largest absolute Gasteiger partial charge is 0.371 e. The number of hydrogen-bond donors (Lipinski definition) is 2. The molecule has 2 aliphatic heterocycles. The molecule has 0 spiro atoms. The maximum atomic E-state index is 3.89. The average molecular weight is 393 g/mol. The molecule has 1 atom stereocenters. The van der Waals surface area contributed by atoms with Crippen LogP contribution in [0.15, 0.2) is 48.5 Å². The van der Waals surface area contributed by atoms with Crippen LogP contribution < -0.4 is 15.5 Å². The van der Waals surface area contributed by atoms with E-state index >= 15 is 0 Å². The zero-order valence-corrected chi connectivity index (χ0v) is 18.2. The fourth-order valence-corrected chi connectivity index (χ4v) is 4.82. The van der Waals surface area contributed by atoms with Gasteiger partial charge in [-0.05, 0) is 56.4 Å². The lowest BCUT2D eigenvalue weighted by atomic mass is 9.97. The first-order valence-corrected chi connectivity index (χ1v) is 11.3. The molecule has 4 rings (SSSR count). The van der Waals surface area contributed by atoms with Crippen LogP contribution in [0.3, 0.4) is 0 Å². The lowest BCUT2D eigenvalue weighted by Crippen LogP contribution is -2.61. The van der Waals surface area contributed by atoms with E-state index in [-0.39, 0.29) is 0 Å². The summed E-state index contributed by atoms with van der Waals surface area (Å²) in [5, 5.41) is 7.55. The summed E-state index contributed by atoms with van der Waals surface area (Å²) in [6.07, 6.45) is 2.83. The molecule has 1 unspecified atom stereocenters. The van der Waals surface area contributed by atoms with Crippen molar-refractivity contribution in [1.82, 2.24) is 15.5 Å². The van der Waals surface area contributed by atoms with E-state index in [2.05, 4.69) is 89.7 Å². The lowest BCUT2D eigenvalue weighted by molar-refractivity contribution is 0.138. The van der Waals surface area contributed by atoms with Gasteiger partial charge >= 0.3 is 0 Å². The van der Waals surface area contributed by atoms with E-state index in [1.807, 2.05) is 0 Å².